The number of ether oxygens (including phenoxy) is 1. The van der Waals surface area contributed by atoms with Crippen LogP contribution in [0.2, 0.25) is 0 Å². The summed E-state index contributed by atoms with van der Waals surface area (Å²) in [6, 6.07) is 0.145. The summed E-state index contributed by atoms with van der Waals surface area (Å²) >= 11 is 0. The monoisotopic (exact) mass is 350 g/mol. The van der Waals surface area contributed by atoms with Gasteiger partial charge in [0, 0.05) is 17.3 Å². The van der Waals surface area contributed by atoms with Crippen LogP contribution in [-0.2, 0) is 9.53 Å². The maximum absolute atomic E-state index is 12.3. The molecule has 1 amide bonds. The Labute approximate surface area is 149 Å². The Morgan fingerprint density at radius 2 is 2.00 bits per heavy atom. The van der Waals surface area contributed by atoms with E-state index in [9.17, 15) is 14.7 Å². The van der Waals surface area contributed by atoms with Crippen molar-refractivity contribution in [1.82, 2.24) is 10.3 Å². The van der Waals surface area contributed by atoms with Gasteiger partial charge in [-0.2, -0.15) is 0 Å². The maximum atomic E-state index is 12.3. The molecule has 1 aliphatic carbocycles. The molecule has 4 atom stereocenters. The van der Waals surface area contributed by atoms with Crippen LogP contribution in [0.4, 0.5) is 0 Å². The summed E-state index contributed by atoms with van der Waals surface area (Å²) < 4.78 is 5.16. The normalized spacial score (nSPS) is 24.6. The van der Waals surface area contributed by atoms with E-state index in [2.05, 4.69) is 24.1 Å². The largest absolute Gasteiger partial charge is 0.451 e. The SMILES string of the molecule is Cc1[nH]c(C(=O)OCC(=O)N[C@H]2CCC[C@H](C)[C@@H]2C)c(C)c1[C@@H](C)O. The van der Waals surface area contributed by atoms with Gasteiger partial charge in [0.2, 0.25) is 0 Å². The van der Waals surface area contributed by atoms with Gasteiger partial charge in [-0.15, -0.1) is 0 Å². The molecule has 25 heavy (non-hydrogen) atoms. The third kappa shape index (κ3) is 4.42. The van der Waals surface area contributed by atoms with Crippen molar-refractivity contribution >= 4 is 11.9 Å². The van der Waals surface area contributed by atoms with Crippen LogP contribution >= 0.6 is 0 Å². The van der Waals surface area contributed by atoms with E-state index < -0.39 is 12.1 Å². The molecule has 0 unspecified atom stereocenters. The summed E-state index contributed by atoms with van der Waals surface area (Å²) in [6.07, 6.45) is 2.60. The number of aryl methyl sites for hydroxylation is 1. The number of aliphatic hydroxyl groups is 1. The topological polar surface area (TPSA) is 91.4 Å². The van der Waals surface area contributed by atoms with Gasteiger partial charge in [0.05, 0.1) is 6.10 Å². The second-order valence-electron chi connectivity index (χ2n) is 7.36. The number of aromatic amines is 1. The number of aromatic nitrogens is 1. The highest BCUT2D eigenvalue weighted by Crippen LogP contribution is 2.29. The average molecular weight is 350 g/mol. The summed E-state index contributed by atoms with van der Waals surface area (Å²) in [5.41, 5.74) is 2.38. The number of amides is 1. The van der Waals surface area contributed by atoms with Crippen LogP contribution < -0.4 is 5.32 Å². The van der Waals surface area contributed by atoms with E-state index in [4.69, 9.17) is 4.74 Å². The van der Waals surface area contributed by atoms with Crippen LogP contribution in [0, 0.1) is 25.7 Å². The molecule has 1 fully saturated rings. The van der Waals surface area contributed by atoms with Gasteiger partial charge in [0.25, 0.3) is 5.91 Å². The molecule has 6 heteroatoms. The molecule has 0 spiro atoms. The van der Waals surface area contributed by atoms with E-state index >= 15 is 0 Å². The lowest BCUT2D eigenvalue weighted by Crippen LogP contribution is -2.45. The molecule has 6 nitrogen and oxygen atoms in total. The van der Waals surface area contributed by atoms with E-state index in [1.54, 1.807) is 20.8 Å². The van der Waals surface area contributed by atoms with Gasteiger partial charge in [0.1, 0.15) is 5.69 Å². The first-order valence-corrected chi connectivity index (χ1v) is 9.06. The Hall–Kier alpha value is -1.82. The summed E-state index contributed by atoms with van der Waals surface area (Å²) in [4.78, 5) is 27.3. The molecule has 140 valence electrons. The Balaban J connectivity index is 1.92. The van der Waals surface area contributed by atoms with Crippen molar-refractivity contribution in [2.75, 3.05) is 6.61 Å². The van der Waals surface area contributed by atoms with Crippen LogP contribution in [0.25, 0.3) is 0 Å². The van der Waals surface area contributed by atoms with Crippen molar-refractivity contribution in [3.05, 3.63) is 22.5 Å². The van der Waals surface area contributed by atoms with Gasteiger partial charge in [-0.05, 0) is 44.6 Å². The molecule has 0 aliphatic heterocycles. The molecule has 1 aromatic rings. The van der Waals surface area contributed by atoms with Crippen LogP contribution in [-0.4, -0.2) is 34.6 Å². The van der Waals surface area contributed by atoms with Gasteiger partial charge >= 0.3 is 5.97 Å². The Bertz CT molecular complexity index is 636. The molecule has 2 rings (SSSR count). The summed E-state index contributed by atoms with van der Waals surface area (Å²) in [7, 11) is 0. The van der Waals surface area contributed by atoms with Crippen molar-refractivity contribution in [3.8, 4) is 0 Å². The van der Waals surface area contributed by atoms with Crippen LogP contribution in [0.5, 0.6) is 0 Å². The highest BCUT2D eigenvalue weighted by atomic mass is 16.5. The Morgan fingerprint density at radius 1 is 1.32 bits per heavy atom. The zero-order valence-electron chi connectivity index (χ0n) is 15.8. The van der Waals surface area contributed by atoms with Gasteiger partial charge in [-0.1, -0.05) is 26.7 Å². The molecule has 1 aliphatic rings. The predicted octanol–water partition coefficient (Wildman–Crippen LogP) is 2.78. The van der Waals surface area contributed by atoms with Crippen LogP contribution in [0.1, 0.15) is 73.4 Å². The summed E-state index contributed by atoms with van der Waals surface area (Å²) in [6.45, 7) is 9.27. The number of hydrogen-bond acceptors (Lipinski definition) is 4. The molecule has 1 aromatic heterocycles. The number of hydrogen-bond donors (Lipinski definition) is 3. The van der Waals surface area contributed by atoms with E-state index in [-0.39, 0.29) is 18.6 Å². The van der Waals surface area contributed by atoms with E-state index in [1.807, 2.05) is 0 Å². The van der Waals surface area contributed by atoms with Crippen LogP contribution in [0.3, 0.4) is 0 Å². The minimum Gasteiger partial charge on any atom is -0.451 e. The molecule has 0 bridgehead atoms. The molecule has 1 heterocycles. The minimum atomic E-state index is -0.670. The number of carbonyl (C=O) groups excluding carboxylic acids is 2. The predicted molar refractivity (Wildman–Crippen MR) is 95.3 cm³/mol. The first kappa shape index (κ1) is 19.5. The van der Waals surface area contributed by atoms with Crippen LogP contribution in [0.15, 0.2) is 0 Å². The zero-order valence-corrected chi connectivity index (χ0v) is 15.8. The number of carbonyl (C=O) groups is 2. The molecule has 0 radical (unpaired) electrons. The summed E-state index contributed by atoms with van der Waals surface area (Å²) in [5, 5.41) is 12.8. The van der Waals surface area contributed by atoms with Crippen molar-refractivity contribution in [3.63, 3.8) is 0 Å². The number of esters is 1. The molecule has 0 saturated heterocycles. The molecule has 0 aromatic carbocycles. The minimum absolute atomic E-state index is 0.145. The standard InChI is InChI=1S/C19H30N2O4/c1-10-7-6-8-15(11(10)2)21-16(23)9-25-19(24)18-12(3)17(14(5)22)13(4)20-18/h10-11,14-15,20,22H,6-9H2,1-5H3,(H,21,23)/t10-,11-,14+,15-/m0/s1. The fraction of sp³-hybridized carbons (Fsp3) is 0.684. The fourth-order valence-electron chi connectivity index (χ4n) is 3.83. The fourth-order valence-corrected chi connectivity index (χ4v) is 3.83. The maximum Gasteiger partial charge on any atom is 0.355 e. The van der Waals surface area contributed by atoms with Crippen molar-refractivity contribution in [2.45, 2.75) is 66.0 Å². The number of rotatable bonds is 5. The molecule has 1 saturated carbocycles. The smallest absolute Gasteiger partial charge is 0.355 e. The van der Waals surface area contributed by atoms with Gasteiger partial charge in [0.15, 0.2) is 6.61 Å². The lowest BCUT2D eigenvalue weighted by Gasteiger charge is -2.34. The van der Waals surface area contributed by atoms with Crippen molar-refractivity contribution in [1.29, 1.82) is 0 Å². The molecular weight excluding hydrogens is 320 g/mol. The molecule has 3 N–H and O–H groups in total. The highest BCUT2D eigenvalue weighted by Gasteiger charge is 2.28. The van der Waals surface area contributed by atoms with Crippen molar-refractivity contribution < 1.29 is 19.4 Å². The van der Waals surface area contributed by atoms with E-state index in [1.165, 1.54) is 6.42 Å². The molecular formula is C19H30N2O4. The number of aliphatic hydroxyl groups excluding tert-OH is 1. The zero-order chi connectivity index (χ0) is 18.7. The van der Waals surface area contributed by atoms with E-state index in [0.717, 1.165) is 18.5 Å². The number of H-pyrrole nitrogens is 1. The summed E-state index contributed by atoms with van der Waals surface area (Å²) in [5.74, 6) is 0.170. The van der Waals surface area contributed by atoms with E-state index in [0.29, 0.717) is 28.7 Å². The lowest BCUT2D eigenvalue weighted by atomic mass is 9.78. The van der Waals surface area contributed by atoms with Gasteiger partial charge < -0.3 is 20.1 Å². The third-order valence-corrected chi connectivity index (χ3v) is 5.50. The highest BCUT2D eigenvalue weighted by molar-refractivity contribution is 5.91. The first-order chi connectivity index (χ1) is 11.7. The lowest BCUT2D eigenvalue weighted by molar-refractivity contribution is -0.125. The van der Waals surface area contributed by atoms with Gasteiger partial charge in [-0.3, -0.25) is 4.79 Å². The average Bonchev–Trinajstić information content (AvgIpc) is 2.84. The van der Waals surface area contributed by atoms with Crippen molar-refractivity contribution in [2.24, 2.45) is 11.8 Å². The van der Waals surface area contributed by atoms with Gasteiger partial charge in [-0.25, -0.2) is 4.79 Å². The third-order valence-electron chi connectivity index (χ3n) is 5.50. The quantitative estimate of drug-likeness (QED) is 0.712. The Kier molecular flexibility index (Phi) is 6.27. The Morgan fingerprint density at radius 3 is 2.60 bits per heavy atom. The first-order valence-electron chi connectivity index (χ1n) is 9.06. The number of nitrogens with one attached hydrogen (secondary N) is 2. The second kappa shape index (κ2) is 8.04. The second-order valence-corrected chi connectivity index (χ2v) is 7.36.